The van der Waals surface area contributed by atoms with Crippen LogP contribution in [0.4, 0.5) is 18.9 Å². The zero-order valence-electron chi connectivity index (χ0n) is 16.8. The fourth-order valence-corrected chi connectivity index (χ4v) is 3.96. The molecule has 1 aliphatic heterocycles. The van der Waals surface area contributed by atoms with E-state index >= 15 is 0 Å². The molecule has 164 valence electrons. The summed E-state index contributed by atoms with van der Waals surface area (Å²) in [4.78, 5) is 26.0. The van der Waals surface area contributed by atoms with Crippen molar-refractivity contribution in [1.29, 1.82) is 0 Å². The van der Waals surface area contributed by atoms with Gasteiger partial charge in [-0.1, -0.05) is 66.7 Å². The fourth-order valence-electron chi connectivity index (χ4n) is 3.96. The molecule has 5 nitrogen and oxygen atoms in total. The Morgan fingerprint density at radius 1 is 0.844 bits per heavy atom. The van der Waals surface area contributed by atoms with Gasteiger partial charge in [-0.2, -0.15) is 13.2 Å². The summed E-state index contributed by atoms with van der Waals surface area (Å²) < 4.78 is 39.2. The first-order valence-electron chi connectivity index (χ1n) is 9.98. The van der Waals surface area contributed by atoms with Gasteiger partial charge in [-0.05, 0) is 29.3 Å². The van der Waals surface area contributed by atoms with Gasteiger partial charge in [0.15, 0.2) is 0 Å². The lowest BCUT2D eigenvalue weighted by Gasteiger charge is -2.38. The lowest BCUT2D eigenvalue weighted by Crippen LogP contribution is -2.56. The standard InChI is InChI=1S/C24H20F3N3O2/c25-24(26,27)17-12-7-13-18(14-17)28-22(31)20-19(15-8-3-1-4-9-15)21(29-30-23(20)32)16-10-5-2-6-11-16/h1-14,19-21,29H,(H,28,31)(H,30,32). The maximum Gasteiger partial charge on any atom is 0.416 e. The number of anilines is 1. The van der Waals surface area contributed by atoms with Crippen molar-refractivity contribution in [3.8, 4) is 0 Å². The summed E-state index contributed by atoms with van der Waals surface area (Å²) in [6.45, 7) is 0. The second-order valence-corrected chi connectivity index (χ2v) is 7.50. The number of hydrogen-bond donors (Lipinski definition) is 3. The van der Waals surface area contributed by atoms with Crippen LogP contribution in [0, 0.1) is 5.92 Å². The molecule has 0 aliphatic carbocycles. The summed E-state index contributed by atoms with van der Waals surface area (Å²) in [7, 11) is 0. The molecule has 3 unspecified atom stereocenters. The number of alkyl halides is 3. The van der Waals surface area contributed by atoms with Crippen molar-refractivity contribution in [2.75, 3.05) is 5.32 Å². The molecule has 1 fully saturated rings. The fraction of sp³-hybridized carbons (Fsp3) is 0.167. The Morgan fingerprint density at radius 3 is 2.09 bits per heavy atom. The van der Waals surface area contributed by atoms with Gasteiger partial charge in [-0.25, -0.2) is 5.43 Å². The van der Waals surface area contributed by atoms with Gasteiger partial charge in [-0.3, -0.25) is 15.0 Å². The van der Waals surface area contributed by atoms with E-state index < -0.39 is 41.4 Å². The van der Waals surface area contributed by atoms with Crippen molar-refractivity contribution in [3.63, 3.8) is 0 Å². The minimum absolute atomic E-state index is 0.0285. The summed E-state index contributed by atoms with van der Waals surface area (Å²) in [5, 5.41) is 2.50. The van der Waals surface area contributed by atoms with E-state index in [-0.39, 0.29) is 5.69 Å². The minimum Gasteiger partial charge on any atom is -0.325 e. The van der Waals surface area contributed by atoms with Crippen LogP contribution in [0.2, 0.25) is 0 Å². The van der Waals surface area contributed by atoms with Crippen LogP contribution >= 0.6 is 0 Å². The van der Waals surface area contributed by atoms with E-state index in [1.807, 2.05) is 60.7 Å². The van der Waals surface area contributed by atoms with Crippen LogP contribution in [0.5, 0.6) is 0 Å². The molecule has 0 saturated carbocycles. The Labute approximate surface area is 182 Å². The molecule has 0 bridgehead atoms. The molecule has 1 saturated heterocycles. The second kappa shape index (κ2) is 8.84. The smallest absolute Gasteiger partial charge is 0.325 e. The lowest BCUT2D eigenvalue weighted by atomic mass is 9.76. The first-order valence-corrected chi connectivity index (χ1v) is 9.98. The lowest BCUT2D eigenvalue weighted by molar-refractivity contribution is -0.139. The molecule has 3 atom stereocenters. The van der Waals surface area contributed by atoms with Crippen LogP contribution in [-0.4, -0.2) is 11.8 Å². The first-order chi connectivity index (χ1) is 15.3. The van der Waals surface area contributed by atoms with E-state index in [4.69, 9.17) is 0 Å². The van der Waals surface area contributed by atoms with Gasteiger partial charge in [0.2, 0.25) is 11.8 Å². The molecular formula is C24H20F3N3O2. The van der Waals surface area contributed by atoms with Crippen molar-refractivity contribution >= 4 is 17.5 Å². The molecule has 2 amide bonds. The average molecular weight is 439 g/mol. The van der Waals surface area contributed by atoms with Crippen LogP contribution in [0.3, 0.4) is 0 Å². The van der Waals surface area contributed by atoms with Crippen LogP contribution in [0.1, 0.15) is 28.7 Å². The summed E-state index contributed by atoms with van der Waals surface area (Å²) in [5.74, 6) is -3.00. The second-order valence-electron chi connectivity index (χ2n) is 7.50. The van der Waals surface area contributed by atoms with Gasteiger partial charge in [0.25, 0.3) is 0 Å². The van der Waals surface area contributed by atoms with E-state index in [2.05, 4.69) is 16.2 Å². The van der Waals surface area contributed by atoms with E-state index in [0.717, 1.165) is 23.3 Å². The van der Waals surface area contributed by atoms with Gasteiger partial charge in [0, 0.05) is 11.6 Å². The molecule has 32 heavy (non-hydrogen) atoms. The number of carbonyl (C=O) groups is 2. The highest BCUT2D eigenvalue weighted by Crippen LogP contribution is 2.40. The van der Waals surface area contributed by atoms with Crippen LogP contribution in [0.15, 0.2) is 84.9 Å². The summed E-state index contributed by atoms with van der Waals surface area (Å²) >= 11 is 0. The molecule has 0 spiro atoms. The number of carbonyl (C=O) groups excluding carboxylic acids is 2. The molecule has 8 heteroatoms. The molecule has 3 N–H and O–H groups in total. The van der Waals surface area contributed by atoms with Crippen LogP contribution in [0.25, 0.3) is 0 Å². The van der Waals surface area contributed by atoms with Gasteiger partial charge >= 0.3 is 6.18 Å². The van der Waals surface area contributed by atoms with Crippen molar-refractivity contribution in [3.05, 3.63) is 102 Å². The minimum atomic E-state index is -4.54. The third kappa shape index (κ3) is 4.50. The SMILES string of the molecule is O=C1NNC(c2ccccc2)C(c2ccccc2)C1C(=O)Nc1cccc(C(F)(F)F)c1. The third-order valence-electron chi connectivity index (χ3n) is 5.43. The van der Waals surface area contributed by atoms with Gasteiger partial charge < -0.3 is 5.32 Å². The zero-order valence-corrected chi connectivity index (χ0v) is 16.8. The maximum absolute atomic E-state index is 13.2. The number of hydrazine groups is 1. The van der Waals surface area contributed by atoms with E-state index in [1.165, 1.54) is 12.1 Å². The van der Waals surface area contributed by atoms with Crippen molar-refractivity contribution < 1.29 is 22.8 Å². The maximum atomic E-state index is 13.2. The molecule has 3 aromatic carbocycles. The Morgan fingerprint density at radius 2 is 1.47 bits per heavy atom. The normalized spacial score (nSPS) is 21.0. The molecular weight excluding hydrogens is 419 g/mol. The molecule has 1 aliphatic rings. The number of benzene rings is 3. The zero-order chi connectivity index (χ0) is 22.7. The first kappa shape index (κ1) is 21.6. The van der Waals surface area contributed by atoms with Gasteiger partial charge in [-0.15, -0.1) is 0 Å². The molecule has 0 aromatic heterocycles. The van der Waals surface area contributed by atoms with Gasteiger partial charge in [0.1, 0.15) is 5.92 Å². The Bertz CT molecular complexity index is 1100. The quantitative estimate of drug-likeness (QED) is 0.527. The number of halogens is 3. The molecule has 4 rings (SSSR count). The predicted molar refractivity (Wildman–Crippen MR) is 113 cm³/mol. The Kier molecular flexibility index (Phi) is 5.96. The number of amides is 2. The Balaban J connectivity index is 1.70. The highest BCUT2D eigenvalue weighted by Gasteiger charge is 2.44. The van der Waals surface area contributed by atoms with E-state index in [9.17, 15) is 22.8 Å². The summed E-state index contributed by atoms with van der Waals surface area (Å²) in [5.41, 5.74) is 6.24. The number of hydrogen-bond acceptors (Lipinski definition) is 3. The molecule has 1 heterocycles. The van der Waals surface area contributed by atoms with Crippen molar-refractivity contribution in [1.82, 2.24) is 10.9 Å². The molecule has 3 aromatic rings. The van der Waals surface area contributed by atoms with Crippen molar-refractivity contribution in [2.24, 2.45) is 5.92 Å². The van der Waals surface area contributed by atoms with Crippen molar-refractivity contribution in [2.45, 2.75) is 18.1 Å². The van der Waals surface area contributed by atoms with Gasteiger partial charge in [0.05, 0.1) is 11.6 Å². The largest absolute Gasteiger partial charge is 0.416 e. The Hall–Kier alpha value is -3.65. The number of nitrogens with one attached hydrogen (secondary N) is 3. The predicted octanol–water partition coefficient (Wildman–Crippen LogP) is 4.42. The third-order valence-corrected chi connectivity index (χ3v) is 5.43. The molecule has 0 radical (unpaired) electrons. The average Bonchev–Trinajstić information content (AvgIpc) is 2.79. The summed E-state index contributed by atoms with van der Waals surface area (Å²) in [6.07, 6.45) is -4.54. The monoisotopic (exact) mass is 439 g/mol. The van der Waals surface area contributed by atoms with Crippen LogP contribution < -0.4 is 16.2 Å². The summed E-state index contributed by atoms with van der Waals surface area (Å²) in [6, 6.07) is 22.4. The van der Waals surface area contributed by atoms with E-state index in [1.54, 1.807) is 0 Å². The topological polar surface area (TPSA) is 70.2 Å². The van der Waals surface area contributed by atoms with Crippen LogP contribution in [-0.2, 0) is 15.8 Å². The highest BCUT2D eigenvalue weighted by atomic mass is 19.4. The highest BCUT2D eigenvalue weighted by molar-refractivity contribution is 6.07. The number of rotatable bonds is 4. The van der Waals surface area contributed by atoms with E-state index in [0.29, 0.717) is 0 Å².